The van der Waals surface area contributed by atoms with Gasteiger partial charge in [0.05, 0.1) is 23.2 Å². The second-order valence-corrected chi connectivity index (χ2v) is 7.27. The highest BCUT2D eigenvalue weighted by Gasteiger charge is 2.15. The minimum atomic E-state index is -0.445. The summed E-state index contributed by atoms with van der Waals surface area (Å²) < 4.78 is 27.6. The molecule has 1 heterocycles. The highest BCUT2D eigenvalue weighted by molar-refractivity contribution is 7.71. The SMILES string of the molecule is CCOc1cc(CNn2c(C)n[nH]c2=S)cc(Cl)c1OCc1c(F)cccc1Cl. The van der Waals surface area contributed by atoms with Crippen LogP contribution in [0.15, 0.2) is 30.3 Å². The number of H-pyrrole nitrogens is 1. The molecule has 29 heavy (non-hydrogen) atoms. The number of nitrogens with zero attached hydrogens (tertiary/aromatic N) is 2. The largest absolute Gasteiger partial charge is 0.490 e. The summed E-state index contributed by atoms with van der Waals surface area (Å²) in [6.07, 6.45) is 0. The maximum Gasteiger partial charge on any atom is 0.214 e. The molecule has 0 fully saturated rings. The predicted molar refractivity (Wildman–Crippen MR) is 114 cm³/mol. The Hall–Kier alpha value is -2.29. The van der Waals surface area contributed by atoms with Crippen molar-refractivity contribution < 1.29 is 13.9 Å². The van der Waals surface area contributed by atoms with Crippen molar-refractivity contribution in [2.45, 2.75) is 27.0 Å². The van der Waals surface area contributed by atoms with E-state index < -0.39 is 5.82 Å². The van der Waals surface area contributed by atoms with Gasteiger partial charge in [0.2, 0.25) is 4.77 Å². The lowest BCUT2D eigenvalue weighted by Crippen LogP contribution is -2.16. The van der Waals surface area contributed by atoms with E-state index in [9.17, 15) is 4.39 Å². The lowest BCUT2D eigenvalue weighted by atomic mass is 10.2. The fraction of sp³-hybridized carbons (Fsp3) is 0.263. The minimum Gasteiger partial charge on any atom is -0.490 e. The molecule has 3 rings (SSSR count). The van der Waals surface area contributed by atoms with Crippen molar-refractivity contribution in [1.29, 1.82) is 0 Å². The molecule has 0 saturated carbocycles. The van der Waals surface area contributed by atoms with Gasteiger partial charge in [0, 0.05) is 5.56 Å². The van der Waals surface area contributed by atoms with E-state index in [0.717, 1.165) is 5.56 Å². The Morgan fingerprint density at radius 1 is 1.24 bits per heavy atom. The molecule has 0 bridgehead atoms. The van der Waals surface area contributed by atoms with Crippen molar-refractivity contribution in [3.8, 4) is 11.5 Å². The summed E-state index contributed by atoms with van der Waals surface area (Å²) in [6, 6.07) is 8.02. The molecule has 0 aliphatic rings. The van der Waals surface area contributed by atoms with Crippen LogP contribution in [-0.2, 0) is 13.2 Å². The predicted octanol–water partition coefficient (Wildman–Crippen LogP) is 5.42. The number of nitrogens with one attached hydrogen (secondary N) is 2. The summed E-state index contributed by atoms with van der Waals surface area (Å²) in [6.45, 7) is 4.43. The zero-order chi connectivity index (χ0) is 21.0. The van der Waals surface area contributed by atoms with Crippen molar-refractivity contribution in [1.82, 2.24) is 14.9 Å². The van der Waals surface area contributed by atoms with E-state index in [1.54, 1.807) is 22.9 Å². The first-order chi connectivity index (χ1) is 13.9. The van der Waals surface area contributed by atoms with Crippen LogP contribution in [0.2, 0.25) is 10.0 Å². The van der Waals surface area contributed by atoms with Crippen LogP contribution in [0, 0.1) is 17.5 Å². The third-order valence-corrected chi connectivity index (χ3v) is 4.98. The zero-order valence-electron chi connectivity index (χ0n) is 15.8. The molecular formula is C19H19Cl2FN4O2S. The van der Waals surface area contributed by atoms with Crippen LogP contribution in [-0.4, -0.2) is 21.5 Å². The zero-order valence-corrected chi connectivity index (χ0v) is 18.1. The Bertz CT molecular complexity index is 1050. The summed E-state index contributed by atoms with van der Waals surface area (Å²) in [5.74, 6) is 1.04. The summed E-state index contributed by atoms with van der Waals surface area (Å²) in [5, 5.41) is 7.38. The number of aryl methyl sites for hydroxylation is 1. The van der Waals surface area contributed by atoms with Gasteiger partial charge < -0.3 is 14.9 Å². The smallest absolute Gasteiger partial charge is 0.214 e. The van der Waals surface area contributed by atoms with Gasteiger partial charge >= 0.3 is 0 Å². The van der Waals surface area contributed by atoms with Gasteiger partial charge in [0.1, 0.15) is 18.2 Å². The van der Waals surface area contributed by atoms with Gasteiger partial charge in [-0.15, -0.1) is 0 Å². The van der Waals surface area contributed by atoms with Crippen LogP contribution in [0.25, 0.3) is 0 Å². The monoisotopic (exact) mass is 456 g/mol. The fourth-order valence-corrected chi connectivity index (χ4v) is 3.42. The standard InChI is InChI=1S/C19H19Cl2FN4O2S/c1-3-27-17-8-12(9-23-26-11(2)24-25-19(26)29)7-15(21)18(17)28-10-13-14(20)5-4-6-16(13)22/h4-8,23H,3,9-10H2,1-2H3,(H,25,29). The van der Waals surface area contributed by atoms with Gasteiger partial charge in [-0.2, -0.15) is 5.10 Å². The van der Waals surface area contributed by atoms with E-state index in [1.165, 1.54) is 12.1 Å². The highest BCUT2D eigenvalue weighted by atomic mass is 35.5. The first-order valence-electron chi connectivity index (χ1n) is 8.79. The van der Waals surface area contributed by atoms with E-state index in [0.29, 0.717) is 40.3 Å². The van der Waals surface area contributed by atoms with Crippen molar-refractivity contribution in [2.75, 3.05) is 12.0 Å². The average Bonchev–Trinajstić information content (AvgIpc) is 2.99. The molecule has 6 nitrogen and oxygen atoms in total. The van der Waals surface area contributed by atoms with Gasteiger partial charge in [0.15, 0.2) is 11.5 Å². The molecule has 0 aliphatic carbocycles. The molecule has 3 aromatic rings. The van der Waals surface area contributed by atoms with Crippen LogP contribution in [0.1, 0.15) is 23.9 Å². The van der Waals surface area contributed by atoms with Crippen LogP contribution < -0.4 is 14.9 Å². The van der Waals surface area contributed by atoms with Crippen LogP contribution in [0.4, 0.5) is 4.39 Å². The molecule has 0 amide bonds. The molecule has 0 radical (unpaired) electrons. The van der Waals surface area contributed by atoms with Gasteiger partial charge in [-0.3, -0.25) is 5.10 Å². The van der Waals surface area contributed by atoms with Crippen LogP contribution >= 0.6 is 35.4 Å². The molecule has 0 spiro atoms. The maximum atomic E-state index is 14.0. The van der Waals surface area contributed by atoms with Crippen molar-refractivity contribution >= 4 is 35.4 Å². The Labute approximate surface area is 182 Å². The van der Waals surface area contributed by atoms with Crippen molar-refractivity contribution in [2.24, 2.45) is 0 Å². The Kier molecular flexibility index (Phi) is 7.00. The maximum absolute atomic E-state index is 14.0. The van der Waals surface area contributed by atoms with Gasteiger partial charge in [-0.25, -0.2) is 9.07 Å². The first-order valence-corrected chi connectivity index (χ1v) is 9.96. The lowest BCUT2D eigenvalue weighted by molar-refractivity contribution is 0.266. The number of hydrogen-bond acceptors (Lipinski definition) is 5. The summed E-state index contributed by atoms with van der Waals surface area (Å²) >= 11 is 17.7. The molecule has 0 unspecified atom stereocenters. The second-order valence-electron chi connectivity index (χ2n) is 6.07. The number of halogens is 3. The quantitative estimate of drug-likeness (QED) is 0.443. The molecule has 0 atom stereocenters. The van der Waals surface area contributed by atoms with E-state index in [1.807, 2.05) is 13.8 Å². The number of rotatable bonds is 8. The number of aromatic nitrogens is 3. The van der Waals surface area contributed by atoms with Gasteiger partial charge in [-0.05, 0) is 55.9 Å². The molecule has 154 valence electrons. The third kappa shape index (κ3) is 5.01. The lowest BCUT2D eigenvalue weighted by Gasteiger charge is -2.16. The van der Waals surface area contributed by atoms with E-state index >= 15 is 0 Å². The summed E-state index contributed by atoms with van der Waals surface area (Å²) in [4.78, 5) is 0. The topological polar surface area (TPSA) is 64.1 Å². The van der Waals surface area contributed by atoms with Gasteiger partial charge in [-0.1, -0.05) is 29.3 Å². The van der Waals surface area contributed by atoms with Crippen molar-refractivity contribution in [3.63, 3.8) is 0 Å². The Morgan fingerprint density at radius 3 is 2.69 bits per heavy atom. The van der Waals surface area contributed by atoms with E-state index in [2.05, 4.69) is 15.6 Å². The Balaban J connectivity index is 1.81. The van der Waals surface area contributed by atoms with Crippen molar-refractivity contribution in [3.05, 3.63) is 67.9 Å². The van der Waals surface area contributed by atoms with E-state index in [-0.39, 0.29) is 17.2 Å². The minimum absolute atomic E-state index is 0.0771. The molecule has 1 aromatic heterocycles. The Morgan fingerprint density at radius 2 is 2.03 bits per heavy atom. The van der Waals surface area contributed by atoms with Crippen LogP contribution in [0.5, 0.6) is 11.5 Å². The normalized spacial score (nSPS) is 10.8. The first kappa shape index (κ1) is 21.4. The number of aromatic amines is 1. The number of benzene rings is 2. The molecule has 0 saturated heterocycles. The second kappa shape index (κ2) is 9.47. The molecule has 10 heteroatoms. The number of hydrogen-bond donors (Lipinski definition) is 2. The number of ether oxygens (including phenoxy) is 2. The molecule has 2 aromatic carbocycles. The van der Waals surface area contributed by atoms with Gasteiger partial charge in [0.25, 0.3) is 0 Å². The molecule has 2 N–H and O–H groups in total. The average molecular weight is 457 g/mol. The fourth-order valence-electron chi connectivity index (χ4n) is 2.67. The summed E-state index contributed by atoms with van der Waals surface area (Å²) in [7, 11) is 0. The van der Waals surface area contributed by atoms with E-state index in [4.69, 9.17) is 44.9 Å². The summed E-state index contributed by atoms with van der Waals surface area (Å²) in [5.41, 5.74) is 4.26. The molecule has 0 aliphatic heterocycles. The third-order valence-electron chi connectivity index (χ3n) is 4.07. The highest BCUT2D eigenvalue weighted by Crippen LogP contribution is 2.38. The molecular weight excluding hydrogens is 438 g/mol. The van der Waals surface area contributed by atoms with Crippen LogP contribution in [0.3, 0.4) is 0 Å².